The molecule has 0 bridgehead atoms. The number of rotatable bonds is 4. The van der Waals surface area contributed by atoms with Crippen molar-refractivity contribution < 1.29 is 9.53 Å². The Morgan fingerprint density at radius 1 is 1.17 bits per heavy atom. The van der Waals surface area contributed by atoms with Gasteiger partial charge < -0.3 is 4.74 Å². The van der Waals surface area contributed by atoms with Gasteiger partial charge in [0.1, 0.15) is 17.2 Å². The minimum absolute atomic E-state index is 0.0213. The molecule has 0 saturated heterocycles. The maximum absolute atomic E-state index is 11.4. The second-order valence-electron chi connectivity index (χ2n) is 3.71. The molecule has 0 aliphatic heterocycles. The van der Waals surface area contributed by atoms with Gasteiger partial charge in [0, 0.05) is 11.4 Å². The first-order valence-corrected chi connectivity index (χ1v) is 5.99. The normalized spacial score (nSPS) is 10.1. The van der Waals surface area contributed by atoms with E-state index in [1.54, 1.807) is 36.4 Å². The van der Waals surface area contributed by atoms with Crippen LogP contribution in [0, 0.1) is 0 Å². The van der Waals surface area contributed by atoms with Gasteiger partial charge in [0.2, 0.25) is 0 Å². The van der Waals surface area contributed by atoms with Crippen molar-refractivity contribution in [2.24, 2.45) is 0 Å². The third-order valence-corrected chi connectivity index (χ3v) is 2.64. The predicted molar refractivity (Wildman–Crippen MR) is 70.4 cm³/mol. The van der Waals surface area contributed by atoms with Gasteiger partial charge in [-0.2, -0.15) is 0 Å². The van der Waals surface area contributed by atoms with Crippen LogP contribution in [0.5, 0.6) is 11.5 Å². The van der Waals surface area contributed by atoms with Crippen molar-refractivity contribution in [1.29, 1.82) is 0 Å². The summed E-state index contributed by atoms with van der Waals surface area (Å²) in [5.74, 6) is 1.29. The van der Waals surface area contributed by atoms with Gasteiger partial charge in [-0.3, -0.25) is 4.79 Å². The molecule has 0 spiro atoms. The van der Waals surface area contributed by atoms with E-state index in [0.717, 1.165) is 0 Å². The van der Waals surface area contributed by atoms with E-state index in [-0.39, 0.29) is 5.78 Å². The molecule has 0 radical (unpaired) electrons. The van der Waals surface area contributed by atoms with Crippen molar-refractivity contribution in [3.05, 3.63) is 53.3 Å². The monoisotopic (exact) mass is 261 g/mol. The highest BCUT2D eigenvalue weighted by molar-refractivity contribution is 6.30. The minimum Gasteiger partial charge on any atom is -0.456 e. The second-order valence-corrected chi connectivity index (χ2v) is 4.15. The van der Waals surface area contributed by atoms with Crippen LogP contribution in [0.25, 0.3) is 0 Å². The fraction of sp³-hybridized carbons (Fsp3) is 0.143. The van der Waals surface area contributed by atoms with Crippen LogP contribution >= 0.6 is 11.6 Å². The number of aromatic nitrogens is 1. The summed E-state index contributed by atoms with van der Waals surface area (Å²) in [6.45, 7) is 1.81. The molecule has 0 amide bonds. The lowest BCUT2D eigenvalue weighted by Gasteiger charge is -2.05. The van der Waals surface area contributed by atoms with Crippen LogP contribution in [0.4, 0.5) is 0 Å². The van der Waals surface area contributed by atoms with Gasteiger partial charge in [-0.15, -0.1) is 0 Å². The zero-order chi connectivity index (χ0) is 13.0. The summed E-state index contributed by atoms with van der Waals surface area (Å²) in [6.07, 6.45) is 1.99. The maximum atomic E-state index is 11.4. The molecule has 1 aromatic heterocycles. The molecule has 2 aromatic rings. The lowest BCUT2D eigenvalue weighted by molar-refractivity contribution is 0.0983. The van der Waals surface area contributed by atoms with Crippen LogP contribution in [0.15, 0.2) is 42.6 Å². The number of ketones is 1. The van der Waals surface area contributed by atoms with Crippen molar-refractivity contribution in [2.75, 3.05) is 0 Å². The quantitative estimate of drug-likeness (QED) is 0.777. The number of pyridine rings is 1. The molecule has 1 heterocycles. The molecule has 0 atom stereocenters. The van der Waals surface area contributed by atoms with Crippen molar-refractivity contribution in [3.8, 4) is 11.5 Å². The number of Topliss-reactive ketones (excluding diaryl/α,β-unsaturated/α-hetero) is 1. The summed E-state index contributed by atoms with van der Waals surface area (Å²) < 4.78 is 5.57. The topological polar surface area (TPSA) is 39.2 Å². The molecule has 3 nitrogen and oxygen atoms in total. The number of hydrogen-bond acceptors (Lipinski definition) is 3. The largest absolute Gasteiger partial charge is 0.456 e. The van der Waals surface area contributed by atoms with Gasteiger partial charge in [-0.05, 0) is 36.4 Å². The SMILES string of the molecule is CCC(=O)c1ccc(Oc2ccc(Cl)cc2)cn1. The zero-order valence-corrected chi connectivity index (χ0v) is 10.6. The molecule has 0 unspecified atom stereocenters. The lowest BCUT2D eigenvalue weighted by Crippen LogP contribution is -1.99. The minimum atomic E-state index is 0.0213. The highest BCUT2D eigenvalue weighted by atomic mass is 35.5. The van der Waals surface area contributed by atoms with Gasteiger partial charge in [0.25, 0.3) is 0 Å². The Bertz CT molecular complexity index is 535. The van der Waals surface area contributed by atoms with Gasteiger partial charge in [-0.25, -0.2) is 4.98 Å². The summed E-state index contributed by atoms with van der Waals surface area (Å²) >= 11 is 5.78. The van der Waals surface area contributed by atoms with E-state index >= 15 is 0 Å². The average Bonchev–Trinajstić information content (AvgIpc) is 2.41. The fourth-order valence-electron chi connectivity index (χ4n) is 1.43. The molecule has 0 aliphatic rings. The van der Waals surface area contributed by atoms with Crippen molar-refractivity contribution in [1.82, 2.24) is 4.98 Å². The number of halogens is 1. The summed E-state index contributed by atoms with van der Waals surface area (Å²) in [4.78, 5) is 15.5. The van der Waals surface area contributed by atoms with Crippen LogP contribution in [-0.4, -0.2) is 10.8 Å². The Morgan fingerprint density at radius 3 is 2.39 bits per heavy atom. The number of ether oxygens (including phenoxy) is 1. The molecule has 92 valence electrons. The summed E-state index contributed by atoms with van der Waals surface area (Å²) in [5, 5.41) is 0.657. The Labute approximate surface area is 110 Å². The summed E-state index contributed by atoms with van der Waals surface area (Å²) in [6, 6.07) is 10.4. The molecule has 0 N–H and O–H groups in total. The van der Waals surface area contributed by atoms with Crippen LogP contribution in [0.1, 0.15) is 23.8 Å². The van der Waals surface area contributed by atoms with E-state index < -0.39 is 0 Å². The first-order valence-electron chi connectivity index (χ1n) is 5.61. The number of carbonyl (C=O) groups excluding carboxylic acids is 1. The van der Waals surface area contributed by atoms with Crippen LogP contribution in [-0.2, 0) is 0 Å². The van der Waals surface area contributed by atoms with Crippen LogP contribution in [0.2, 0.25) is 5.02 Å². The molecule has 0 saturated carbocycles. The molecular weight excluding hydrogens is 250 g/mol. The van der Waals surface area contributed by atoms with Gasteiger partial charge in [0.05, 0.1) is 6.20 Å². The summed E-state index contributed by atoms with van der Waals surface area (Å²) in [5.41, 5.74) is 0.459. The van der Waals surface area contributed by atoms with Gasteiger partial charge >= 0.3 is 0 Å². The van der Waals surface area contributed by atoms with E-state index in [1.807, 2.05) is 6.92 Å². The smallest absolute Gasteiger partial charge is 0.180 e. The van der Waals surface area contributed by atoms with Crippen molar-refractivity contribution >= 4 is 17.4 Å². The average molecular weight is 262 g/mol. The molecule has 18 heavy (non-hydrogen) atoms. The molecule has 1 aromatic carbocycles. The zero-order valence-electron chi connectivity index (χ0n) is 9.89. The molecule has 0 aliphatic carbocycles. The van der Waals surface area contributed by atoms with Crippen molar-refractivity contribution in [2.45, 2.75) is 13.3 Å². The Kier molecular flexibility index (Phi) is 3.95. The number of benzene rings is 1. The Balaban J connectivity index is 2.10. The number of hydrogen-bond donors (Lipinski definition) is 0. The van der Waals surface area contributed by atoms with Gasteiger partial charge in [-0.1, -0.05) is 18.5 Å². The highest BCUT2D eigenvalue weighted by Gasteiger charge is 2.05. The first-order chi connectivity index (χ1) is 8.69. The molecule has 4 heteroatoms. The van der Waals surface area contributed by atoms with E-state index in [4.69, 9.17) is 16.3 Å². The molecule has 2 rings (SSSR count). The number of carbonyl (C=O) groups is 1. The third kappa shape index (κ3) is 3.08. The van der Waals surface area contributed by atoms with Gasteiger partial charge in [0.15, 0.2) is 5.78 Å². The molecule has 0 fully saturated rings. The van der Waals surface area contributed by atoms with E-state index in [0.29, 0.717) is 28.6 Å². The standard InChI is InChI=1S/C14H12ClNO2/c1-2-14(17)13-8-7-12(9-16-13)18-11-5-3-10(15)4-6-11/h3-9H,2H2,1H3. The van der Waals surface area contributed by atoms with Crippen LogP contribution in [0.3, 0.4) is 0 Å². The second kappa shape index (κ2) is 5.65. The van der Waals surface area contributed by atoms with Crippen molar-refractivity contribution in [3.63, 3.8) is 0 Å². The summed E-state index contributed by atoms with van der Waals surface area (Å²) in [7, 11) is 0. The van der Waals surface area contributed by atoms with E-state index in [1.165, 1.54) is 6.20 Å². The lowest BCUT2D eigenvalue weighted by atomic mass is 10.2. The number of nitrogens with zero attached hydrogens (tertiary/aromatic N) is 1. The fourth-order valence-corrected chi connectivity index (χ4v) is 1.55. The van der Waals surface area contributed by atoms with Crippen LogP contribution < -0.4 is 4.74 Å². The Hall–Kier alpha value is -1.87. The van der Waals surface area contributed by atoms with E-state index in [9.17, 15) is 4.79 Å². The first kappa shape index (κ1) is 12.6. The predicted octanol–water partition coefficient (Wildman–Crippen LogP) is 4.12. The highest BCUT2D eigenvalue weighted by Crippen LogP contribution is 2.22. The molecular formula is C14H12ClNO2. The maximum Gasteiger partial charge on any atom is 0.180 e. The third-order valence-electron chi connectivity index (χ3n) is 2.39. The Morgan fingerprint density at radius 2 is 1.83 bits per heavy atom. The van der Waals surface area contributed by atoms with E-state index in [2.05, 4.69) is 4.98 Å².